The van der Waals surface area contributed by atoms with E-state index in [1.54, 1.807) is 37.3 Å². The summed E-state index contributed by atoms with van der Waals surface area (Å²) in [5, 5.41) is 2.77. The zero-order valence-electron chi connectivity index (χ0n) is 14.0. The minimum Gasteiger partial charge on any atom is -0.352 e. The summed E-state index contributed by atoms with van der Waals surface area (Å²) in [5.41, 5.74) is 1.29. The third-order valence-corrected chi connectivity index (χ3v) is 4.48. The van der Waals surface area contributed by atoms with Crippen LogP contribution in [0.3, 0.4) is 0 Å². The van der Waals surface area contributed by atoms with E-state index >= 15 is 0 Å². The molecule has 0 spiro atoms. The van der Waals surface area contributed by atoms with Gasteiger partial charge in [0.15, 0.2) is 0 Å². The lowest BCUT2D eigenvalue weighted by atomic mass is 10.1. The molecule has 24 heavy (non-hydrogen) atoms. The van der Waals surface area contributed by atoms with Gasteiger partial charge in [0.2, 0.25) is 5.91 Å². The minimum atomic E-state index is -2.73. The molecule has 1 aromatic carbocycles. The lowest BCUT2D eigenvalue weighted by Crippen LogP contribution is -2.25. The Morgan fingerprint density at radius 3 is 2.54 bits per heavy atom. The second kappa shape index (κ2) is 7.60. The average molecular weight is 398 g/mol. The number of rotatable bonds is 6. The van der Waals surface area contributed by atoms with Gasteiger partial charge in [-0.1, -0.05) is 54.1 Å². The first-order chi connectivity index (χ1) is 11.2. The van der Waals surface area contributed by atoms with Gasteiger partial charge >= 0.3 is 0 Å². The number of carbonyl (C=O) groups excluding carboxylic acids is 1. The molecule has 130 valence electrons. The van der Waals surface area contributed by atoms with E-state index in [1.165, 1.54) is 12.2 Å². The number of alkyl halides is 2. The maximum Gasteiger partial charge on any atom is 0.262 e. The van der Waals surface area contributed by atoms with E-state index in [1.807, 2.05) is 13.8 Å². The van der Waals surface area contributed by atoms with Crippen molar-refractivity contribution >= 4 is 21.8 Å². The molecule has 5 heteroatoms. The second-order valence-electron chi connectivity index (χ2n) is 6.62. The molecule has 1 aliphatic rings. The molecule has 1 aromatic rings. The fraction of sp³-hybridized carbons (Fsp3) is 0.421. The molecule has 0 aromatic heterocycles. The van der Waals surface area contributed by atoms with E-state index in [0.717, 1.165) is 4.47 Å². The molecule has 2 rings (SSSR count). The standard InChI is InChI=1S/C19H22BrF2NO/c1-12(2)11-23-17(24)10-13(3)4-9-16-18(19(16,21)22)14-5-7-15(20)8-6-14/h4-10,12,16,18H,11H2,1-3H3,(H,23,24)/b9-4+,13-10+. The van der Waals surface area contributed by atoms with Crippen LogP contribution in [0.5, 0.6) is 0 Å². The number of carbonyl (C=O) groups is 1. The third kappa shape index (κ3) is 4.76. The van der Waals surface area contributed by atoms with Crippen molar-refractivity contribution in [3.63, 3.8) is 0 Å². The Morgan fingerprint density at radius 2 is 1.96 bits per heavy atom. The largest absolute Gasteiger partial charge is 0.352 e. The van der Waals surface area contributed by atoms with Gasteiger partial charge in [-0.3, -0.25) is 4.79 Å². The third-order valence-electron chi connectivity index (χ3n) is 3.95. The zero-order valence-corrected chi connectivity index (χ0v) is 15.6. The first-order valence-corrected chi connectivity index (χ1v) is 8.78. The summed E-state index contributed by atoms with van der Waals surface area (Å²) in [4.78, 5) is 11.7. The van der Waals surface area contributed by atoms with Gasteiger partial charge in [0, 0.05) is 17.1 Å². The number of benzene rings is 1. The van der Waals surface area contributed by atoms with Gasteiger partial charge < -0.3 is 5.32 Å². The highest BCUT2D eigenvalue weighted by molar-refractivity contribution is 9.10. The summed E-state index contributed by atoms with van der Waals surface area (Å²) in [6.45, 7) is 6.35. The van der Waals surface area contributed by atoms with Crippen LogP contribution in [0.2, 0.25) is 0 Å². The maximum absolute atomic E-state index is 14.0. The van der Waals surface area contributed by atoms with Gasteiger partial charge in [0.1, 0.15) is 0 Å². The fourth-order valence-corrected chi connectivity index (χ4v) is 2.82. The average Bonchev–Trinajstić information content (AvgIpc) is 3.05. The summed E-state index contributed by atoms with van der Waals surface area (Å²) in [7, 11) is 0. The molecule has 1 N–H and O–H groups in total. The van der Waals surface area contributed by atoms with E-state index in [9.17, 15) is 13.6 Å². The van der Waals surface area contributed by atoms with Crippen LogP contribution < -0.4 is 5.32 Å². The van der Waals surface area contributed by atoms with E-state index in [2.05, 4.69) is 21.2 Å². The maximum atomic E-state index is 14.0. The predicted molar refractivity (Wildman–Crippen MR) is 96.1 cm³/mol. The number of hydrogen-bond donors (Lipinski definition) is 1. The Labute approximate surface area is 150 Å². The molecule has 0 aliphatic heterocycles. The van der Waals surface area contributed by atoms with Crippen LogP contribution in [0.1, 0.15) is 32.3 Å². The number of halogens is 3. The normalized spacial score (nSPS) is 22.9. The van der Waals surface area contributed by atoms with Gasteiger partial charge in [0.05, 0.1) is 11.8 Å². The van der Waals surface area contributed by atoms with Crippen LogP contribution >= 0.6 is 15.9 Å². The minimum absolute atomic E-state index is 0.196. The van der Waals surface area contributed by atoms with E-state index < -0.39 is 17.8 Å². The Morgan fingerprint density at radius 1 is 1.33 bits per heavy atom. The van der Waals surface area contributed by atoms with Crippen molar-refractivity contribution < 1.29 is 13.6 Å². The van der Waals surface area contributed by atoms with Crippen molar-refractivity contribution in [2.75, 3.05) is 6.54 Å². The Kier molecular flexibility index (Phi) is 5.97. The van der Waals surface area contributed by atoms with Crippen molar-refractivity contribution in [3.05, 3.63) is 58.1 Å². The van der Waals surface area contributed by atoms with Gasteiger partial charge in [-0.25, -0.2) is 8.78 Å². The topological polar surface area (TPSA) is 29.1 Å². The molecule has 0 heterocycles. The van der Waals surface area contributed by atoms with Gasteiger partial charge in [-0.2, -0.15) is 0 Å². The van der Waals surface area contributed by atoms with Crippen molar-refractivity contribution in [2.45, 2.75) is 32.6 Å². The lowest BCUT2D eigenvalue weighted by Gasteiger charge is -2.04. The van der Waals surface area contributed by atoms with Crippen LogP contribution in [0, 0.1) is 11.8 Å². The zero-order chi connectivity index (χ0) is 17.9. The van der Waals surface area contributed by atoms with Crippen LogP contribution in [0.15, 0.2) is 52.5 Å². The van der Waals surface area contributed by atoms with Crippen LogP contribution in [0.4, 0.5) is 8.78 Å². The Hall–Kier alpha value is -1.49. The SMILES string of the molecule is CC(/C=C/C1C(c2ccc(Br)cc2)C1(F)F)=C\C(=O)NCC(C)C. The number of allylic oxidation sites excluding steroid dienone is 3. The highest BCUT2D eigenvalue weighted by Gasteiger charge is 2.67. The number of nitrogens with one attached hydrogen (secondary N) is 1. The van der Waals surface area contributed by atoms with E-state index in [4.69, 9.17) is 0 Å². The molecular weight excluding hydrogens is 376 g/mol. The molecule has 2 nitrogen and oxygen atoms in total. The first kappa shape index (κ1) is 18.8. The molecule has 0 bridgehead atoms. The smallest absolute Gasteiger partial charge is 0.262 e. The highest BCUT2D eigenvalue weighted by atomic mass is 79.9. The first-order valence-electron chi connectivity index (χ1n) is 7.99. The Bertz CT molecular complexity index is 650. The van der Waals surface area contributed by atoms with Gasteiger partial charge in [0.25, 0.3) is 5.92 Å². The molecule has 2 atom stereocenters. The van der Waals surface area contributed by atoms with Gasteiger partial charge in [-0.15, -0.1) is 0 Å². The van der Waals surface area contributed by atoms with Crippen LogP contribution in [-0.2, 0) is 4.79 Å². The summed E-state index contributed by atoms with van der Waals surface area (Å²) < 4.78 is 28.9. The molecule has 2 unspecified atom stereocenters. The summed E-state index contributed by atoms with van der Waals surface area (Å²) in [6, 6.07) is 6.99. The lowest BCUT2D eigenvalue weighted by molar-refractivity contribution is -0.116. The van der Waals surface area contributed by atoms with Crippen LogP contribution in [0.25, 0.3) is 0 Å². The van der Waals surface area contributed by atoms with Crippen molar-refractivity contribution in [3.8, 4) is 0 Å². The van der Waals surface area contributed by atoms with Crippen molar-refractivity contribution in [1.82, 2.24) is 5.32 Å². The molecule has 1 amide bonds. The predicted octanol–water partition coefficient (Wildman–Crippen LogP) is 5.07. The number of hydrogen-bond acceptors (Lipinski definition) is 1. The molecule has 1 saturated carbocycles. The summed E-state index contributed by atoms with van der Waals surface area (Å²) in [5.74, 6) is -4.16. The Balaban J connectivity index is 1.98. The summed E-state index contributed by atoms with van der Waals surface area (Å²) in [6.07, 6.45) is 4.55. The quantitative estimate of drug-likeness (QED) is 0.526. The molecule has 1 fully saturated rings. The monoisotopic (exact) mass is 397 g/mol. The molecule has 0 radical (unpaired) electrons. The van der Waals surface area contributed by atoms with Gasteiger partial charge in [-0.05, 0) is 36.1 Å². The highest BCUT2D eigenvalue weighted by Crippen LogP contribution is 2.62. The number of amides is 1. The fourth-order valence-electron chi connectivity index (χ4n) is 2.56. The van der Waals surface area contributed by atoms with Crippen molar-refractivity contribution in [2.24, 2.45) is 11.8 Å². The van der Waals surface area contributed by atoms with E-state index in [0.29, 0.717) is 23.6 Å². The summed E-state index contributed by atoms with van der Waals surface area (Å²) >= 11 is 3.31. The second-order valence-corrected chi connectivity index (χ2v) is 7.53. The molecule has 1 aliphatic carbocycles. The van der Waals surface area contributed by atoms with Crippen molar-refractivity contribution in [1.29, 1.82) is 0 Å². The molecular formula is C19H22BrF2NO. The molecule has 0 saturated heterocycles. The van der Waals surface area contributed by atoms with Crippen LogP contribution in [-0.4, -0.2) is 18.4 Å². The van der Waals surface area contributed by atoms with E-state index in [-0.39, 0.29) is 5.91 Å².